The minimum absolute atomic E-state index is 0.480. The van der Waals surface area contributed by atoms with Crippen molar-refractivity contribution in [3.63, 3.8) is 0 Å². The Kier molecular flexibility index (Phi) is 7.19. The highest BCUT2D eigenvalue weighted by molar-refractivity contribution is 5.36. The first-order valence-corrected chi connectivity index (χ1v) is 12.4. The average Bonchev–Trinajstić information content (AvgIpc) is 2.99. The Morgan fingerprint density at radius 2 is 1.93 bits per heavy atom. The average molecular weight is 399 g/mol. The zero-order chi connectivity index (χ0) is 21.2. The van der Waals surface area contributed by atoms with Gasteiger partial charge in [0.15, 0.2) is 0 Å². The van der Waals surface area contributed by atoms with Crippen LogP contribution < -0.4 is 0 Å². The van der Waals surface area contributed by atoms with Crippen LogP contribution in [0, 0.1) is 29.1 Å². The number of rotatable bonds is 6. The number of hydrogen-bond donors (Lipinski definition) is 1. The van der Waals surface area contributed by atoms with Gasteiger partial charge in [-0.15, -0.1) is 0 Å². The van der Waals surface area contributed by atoms with Crippen LogP contribution in [0.3, 0.4) is 0 Å². The highest BCUT2D eigenvalue weighted by Crippen LogP contribution is 2.60. The quantitative estimate of drug-likeness (QED) is 0.480. The highest BCUT2D eigenvalue weighted by atomic mass is 16.3. The molecule has 3 aliphatic carbocycles. The molecule has 29 heavy (non-hydrogen) atoms. The van der Waals surface area contributed by atoms with E-state index < -0.39 is 5.60 Å². The lowest BCUT2D eigenvalue weighted by atomic mass is 9.60. The van der Waals surface area contributed by atoms with E-state index in [1.807, 2.05) is 13.8 Å². The first-order chi connectivity index (χ1) is 13.6. The third-order valence-corrected chi connectivity index (χ3v) is 8.76. The Balaban J connectivity index is 1.68. The second kappa shape index (κ2) is 9.13. The van der Waals surface area contributed by atoms with Crippen molar-refractivity contribution in [1.82, 2.24) is 0 Å². The van der Waals surface area contributed by atoms with Gasteiger partial charge in [-0.1, -0.05) is 57.9 Å². The Labute approximate surface area is 180 Å². The van der Waals surface area contributed by atoms with Crippen LogP contribution in [-0.2, 0) is 0 Å². The lowest BCUT2D eigenvalue weighted by Crippen LogP contribution is -2.36. The standard InChI is InChI=1S/C28H46O/c1-20-10-7-12-23(22(20)3)14-15-24-13-9-19-28(6)25(16-17-26(24)28)21(2)11-8-18-27(4,5)29/h14-15,20-21,25-26,29H,3,7-13,16-19H2,1-2,4-6H3/b23-14-,24-15+/t20?,21-,25?,26?,28?/m1/s1. The van der Waals surface area contributed by atoms with Crippen LogP contribution in [0.4, 0.5) is 0 Å². The van der Waals surface area contributed by atoms with Crippen molar-refractivity contribution < 1.29 is 5.11 Å². The molecule has 3 fully saturated rings. The fourth-order valence-electron chi connectivity index (χ4n) is 6.92. The fraction of sp³-hybridized carbons (Fsp3) is 0.786. The highest BCUT2D eigenvalue weighted by Gasteiger charge is 2.50. The van der Waals surface area contributed by atoms with E-state index in [0.717, 1.165) is 30.6 Å². The summed E-state index contributed by atoms with van der Waals surface area (Å²) in [6, 6.07) is 0. The maximum Gasteiger partial charge on any atom is 0.0591 e. The van der Waals surface area contributed by atoms with Crippen molar-refractivity contribution in [3.05, 3.63) is 35.5 Å². The SMILES string of the molecule is C=C1/C(=C\C=C2/CCCC3(C)C2CCC3[C@H](C)CCCC(C)(C)O)CCCC1C. The molecule has 0 spiro atoms. The second-order valence-corrected chi connectivity index (χ2v) is 11.5. The molecular weight excluding hydrogens is 352 g/mol. The van der Waals surface area contributed by atoms with Crippen LogP contribution >= 0.6 is 0 Å². The second-order valence-electron chi connectivity index (χ2n) is 11.5. The van der Waals surface area contributed by atoms with Crippen LogP contribution in [0.5, 0.6) is 0 Å². The van der Waals surface area contributed by atoms with Crippen molar-refractivity contribution >= 4 is 0 Å². The third kappa shape index (κ3) is 5.27. The van der Waals surface area contributed by atoms with Gasteiger partial charge >= 0.3 is 0 Å². The van der Waals surface area contributed by atoms with Crippen LogP contribution in [0.15, 0.2) is 35.5 Å². The Morgan fingerprint density at radius 1 is 1.17 bits per heavy atom. The summed E-state index contributed by atoms with van der Waals surface area (Å²) in [5, 5.41) is 10.1. The molecule has 0 radical (unpaired) electrons. The molecule has 0 aliphatic heterocycles. The lowest BCUT2D eigenvalue weighted by molar-refractivity contribution is 0.0597. The van der Waals surface area contributed by atoms with E-state index in [2.05, 4.69) is 39.5 Å². The maximum absolute atomic E-state index is 10.1. The van der Waals surface area contributed by atoms with Crippen molar-refractivity contribution in [1.29, 1.82) is 0 Å². The van der Waals surface area contributed by atoms with Crippen LogP contribution in [0.2, 0.25) is 0 Å². The third-order valence-electron chi connectivity index (χ3n) is 8.76. The van der Waals surface area contributed by atoms with Gasteiger partial charge < -0.3 is 5.11 Å². The van der Waals surface area contributed by atoms with Crippen molar-refractivity contribution in [2.24, 2.45) is 29.1 Å². The van der Waals surface area contributed by atoms with Crippen molar-refractivity contribution in [2.45, 2.75) is 111 Å². The largest absolute Gasteiger partial charge is 0.390 e. The van der Waals surface area contributed by atoms with Gasteiger partial charge in [-0.3, -0.25) is 0 Å². The minimum Gasteiger partial charge on any atom is -0.390 e. The molecule has 0 aromatic heterocycles. The van der Waals surface area contributed by atoms with Crippen LogP contribution in [0.25, 0.3) is 0 Å². The van der Waals surface area contributed by atoms with E-state index in [1.54, 1.807) is 5.57 Å². The first kappa shape index (κ1) is 22.9. The lowest BCUT2D eigenvalue weighted by Gasteiger charge is -2.44. The Bertz CT molecular complexity index is 646. The zero-order valence-electron chi connectivity index (χ0n) is 19.9. The van der Waals surface area contributed by atoms with Gasteiger partial charge in [0.25, 0.3) is 0 Å². The number of aliphatic hydroxyl groups is 1. The maximum atomic E-state index is 10.1. The predicted octanol–water partition coefficient (Wildman–Crippen LogP) is 8.01. The van der Waals surface area contributed by atoms with Crippen LogP contribution in [0.1, 0.15) is 105 Å². The summed E-state index contributed by atoms with van der Waals surface area (Å²) in [4.78, 5) is 0. The van der Waals surface area contributed by atoms with E-state index in [9.17, 15) is 5.11 Å². The van der Waals surface area contributed by atoms with Gasteiger partial charge in [-0.25, -0.2) is 0 Å². The normalized spacial score (nSPS) is 37.2. The molecule has 3 rings (SSSR count). The molecule has 0 heterocycles. The smallest absolute Gasteiger partial charge is 0.0591 e. The topological polar surface area (TPSA) is 20.2 Å². The molecule has 0 saturated heterocycles. The van der Waals surface area contributed by atoms with Gasteiger partial charge in [0.1, 0.15) is 0 Å². The van der Waals surface area contributed by atoms with Gasteiger partial charge in [0.05, 0.1) is 5.60 Å². The Morgan fingerprint density at radius 3 is 2.66 bits per heavy atom. The van der Waals surface area contributed by atoms with Crippen molar-refractivity contribution in [3.8, 4) is 0 Å². The summed E-state index contributed by atoms with van der Waals surface area (Å²) in [5.41, 5.74) is 4.59. The fourth-order valence-corrected chi connectivity index (χ4v) is 6.92. The summed E-state index contributed by atoms with van der Waals surface area (Å²) < 4.78 is 0. The molecular formula is C28H46O. The minimum atomic E-state index is -0.517. The summed E-state index contributed by atoms with van der Waals surface area (Å²) in [6.07, 6.45) is 19.0. The first-order valence-electron chi connectivity index (χ1n) is 12.4. The predicted molar refractivity (Wildman–Crippen MR) is 126 cm³/mol. The summed E-state index contributed by atoms with van der Waals surface area (Å²) in [6.45, 7) is 15.7. The summed E-state index contributed by atoms with van der Waals surface area (Å²) in [5.74, 6) is 3.05. The number of hydrogen-bond acceptors (Lipinski definition) is 1. The monoisotopic (exact) mass is 398 g/mol. The molecule has 5 atom stereocenters. The molecule has 1 N–H and O–H groups in total. The molecule has 164 valence electrons. The van der Waals surface area contributed by atoms with Gasteiger partial charge in [0.2, 0.25) is 0 Å². The van der Waals surface area contributed by atoms with E-state index in [-0.39, 0.29) is 0 Å². The summed E-state index contributed by atoms with van der Waals surface area (Å²) in [7, 11) is 0. The molecule has 0 amide bonds. The van der Waals surface area contributed by atoms with Gasteiger partial charge in [0, 0.05) is 0 Å². The van der Waals surface area contributed by atoms with Gasteiger partial charge in [-0.05, 0) is 112 Å². The molecule has 1 nitrogen and oxygen atoms in total. The molecule has 0 aromatic rings. The molecule has 0 aromatic carbocycles. The molecule has 0 bridgehead atoms. The summed E-state index contributed by atoms with van der Waals surface area (Å²) >= 11 is 0. The van der Waals surface area contributed by atoms with E-state index in [1.165, 1.54) is 68.9 Å². The molecule has 3 aliphatic rings. The number of allylic oxidation sites excluding steroid dienone is 5. The van der Waals surface area contributed by atoms with E-state index >= 15 is 0 Å². The number of fused-ring (bicyclic) bond motifs is 1. The van der Waals surface area contributed by atoms with Gasteiger partial charge in [-0.2, -0.15) is 0 Å². The Hall–Kier alpha value is -0.820. The van der Waals surface area contributed by atoms with E-state index in [4.69, 9.17) is 0 Å². The zero-order valence-corrected chi connectivity index (χ0v) is 19.9. The van der Waals surface area contributed by atoms with Crippen LogP contribution in [-0.4, -0.2) is 10.7 Å². The molecule has 1 heteroatoms. The van der Waals surface area contributed by atoms with Crippen molar-refractivity contribution in [2.75, 3.05) is 0 Å². The molecule has 3 saturated carbocycles. The van der Waals surface area contributed by atoms with E-state index in [0.29, 0.717) is 11.3 Å². The molecule has 4 unspecified atom stereocenters.